The average Bonchev–Trinajstić information content (AvgIpc) is 2.85. The molecule has 3 amide bonds. The summed E-state index contributed by atoms with van der Waals surface area (Å²) in [5, 5.41) is 2.91. The topological polar surface area (TPSA) is 66.5 Å². The van der Waals surface area contributed by atoms with E-state index in [9.17, 15) is 14.4 Å². The van der Waals surface area contributed by atoms with E-state index < -0.39 is 0 Å². The molecule has 0 saturated carbocycles. The minimum atomic E-state index is -0.344. The summed E-state index contributed by atoms with van der Waals surface area (Å²) in [6.45, 7) is 3.96. The maximum absolute atomic E-state index is 12.4. The fourth-order valence-corrected chi connectivity index (χ4v) is 2.82. The summed E-state index contributed by atoms with van der Waals surface area (Å²) in [5.41, 5.74) is 2.02. The van der Waals surface area contributed by atoms with Crippen LogP contribution in [0.3, 0.4) is 0 Å². The molecule has 2 aromatic carbocycles. The number of amides is 3. The highest BCUT2D eigenvalue weighted by atomic mass is 16.2. The van der Waals surface area contributed by atoms with Crippen molar-refractivity contribution in [1.82, 2.24) is 10.2 Å². The molecule has 24 heavy (non-hydrogen) atoms. The molecule has 0 unspecified atom stereocenters. The first-order valence-corrected chi connectivity index (χ1v) is 7.89. The third-order valence-corrected chi connectivity index (χ3v) is 4.20. The van der Waals surface area contributed by atoms with Crippen molar-refractivity contribution in [3.05, 3.63) is 70.8 Å². The highest BCUT2D eigenvalue weighted by molar-refractivity contribution is 6.22. The zero-order valence-corrected chi connectivity index (χ0v) is 13.6. The number of hydrogen-bond donors (Lipinski definition) is 1. The van der Waals surface area contributed by atoms with Gasteiger partial charge in [0, 0.05) is 12.1 Å². The number of rotatable bonds is 4. The Kier molecular flexibility index (Phi) is 4.16. The molecule has 1 aliphatic rings. The maximum atomic E-state index is 12.4. The molecule has 3 rings (SSSR count). The lowest BCUT2D eigenvalue weighted by atomic mass is 10.0. The van der Waals surface area contributed by atoms with Crippen LogP contribution in [-0.4, -0.2) is 29.2 Å². The molecule has 0 saturated heterocycles. The van der Waals surface area contributed by atoms with Crippen molar-refractivity contribution in [2.24, 2.45) is 0 Å². The third kappa shape index (κ3) is 2.69. The summed E-state index contributed by atoms with van der Waals surface area (Å²) < 4.78 is 0. The number of imide groups is 1. The Bertz CT molecular complexity index is 815. The van der Waals surface area contributed by atoms with Gasteiger partial charge in [-0.15, -0.1) is 0 Å². The molecule has 0 fully saturated rings. The van der Waals surface area contributed by atoms with Gasteiger partial charge in [-0.1, -0.05) is 30.3 Å². The maximum Gasteiger partial charge on any atom is 0.261 e. The van der Waals surface area contributed by atoms with E-state index in [1.54, 1.807) is 19.1 Å². The first-order chi connectivity index (χ1) is 11.5. The highest BCUT2D eigenvalue weighted by Crippen LogP contribution is 2.24. The molecule has 2 aromatic rings. The van der Waals surface area contributed by atoms with Crippen LogP contribution in [0.1, 0.15) is 56.5 Å². The van der Waals surface area contributed by atoms with Crippen LogP contribution in [0.15, 0.2) is 48.5 Å². The standard InChI is InChI=1S/C19H18N2O3/c1-3-21-18(23)15-10-9-14(11-16(15)19(21)24)17(22)20-12(2)13-7-5-4-6-8-13/h4-12H,3H2,1-2H3,(H,20,22)/t12-/m0/s1. The van der Waals surface area contributed by atoms with Crippen LogP contribution in [0.4, 0.5) is 0 Å². The summed E-state index contributed by atoms with van der Waals surface area (Å²) in [6.07, 6.45) is 0. The highest BCUT2D eigenvalue weighted by Gasteiger charge is 2.34. The number of nitrogens with one attached hydrogen (secondary N) is 1. The van der Waals surface area contributed by atoms with Crippen molar-refractivity contribution < 1.29 is 14.4 Å². The number of benzene rings is 2. The molecule has 0 aliphatic carbocycles. The molecule has 0 spiro atoms. The Labute approximate surface area is 140 Å². The summed E-state index contributed by atoms with van der Waals surface area (Å²) in [6, 6.07) is 14.1. The normalized spacial score (nSPS) is 14.5. The van der Waals surface area contributed by atoms with Crippen LogP contribution in [0.2, 0.25) is 0 Å². The van der Waals surface area contributed by atoms with Crippen LogP contribution in [0.25, 0.3) is 0 Å². The zero-order chi connectivity index (χ0) is 17.3. The molecule has 5 nitrogen and oxygen atoms in total. The molecular formula is C19H18N2O3. The van der Waals surface area contributed by atoms with Gasteiger partial charge >= 0.3 is 0 Å². The lowest BCUT2D eigenvalue weighted by molar-refractivity contribution is 0.0662. The third-order valence-electron chi connectivity index (χ3n) is 4.20. The lowest BCUT2D eigenvalue weighted by Crippen LogP contribution is -2.29. The Morgan fingerprint density at radius 3 is 2.38 bits per heavy atom. The van der Waals surface area contributed by atoms with E-state index in [0.29, 0.717) is 23.2 Å². The van der Waals surface area contributed by atoms with Crippen LogP contribution in [-0.2, 0) is 0 Å². The van der Waals surface area contributed by atoms with E-state index in [2.05, 4.69) is 5.32 Å². The Morgan fingerprint density at radius 1 is 1.04 bits per heavy atom. The van der Waals surface area contributed by atoms with Crippen molar-refractivity contribution in [3.8, 4) is 0 Å². The van der Waals surface area contributed by atoms with Crippen LogP contribution in [0, 0.1) is 0 Å². The number of hydrogen-bond acceptors (Lipinski definition) is 3. The van der Waals surface area contributed by atoms with Gasteiger partial charge in [-0.2, -0.15) is 0 Å². The predicted molar refractivity (Wildman–Crippen MR) is 89.8 cm³/mol. The second-order valence-corrected chi connectivity index (χ2v) is 5.72. The molecule has 5 heteroatoms. The van der Waals surface area contributed by atoms with Crippen molar-refractivity contribution in [2.45, 2.75) is 19.9 Å². The fourth-order valence-electron chi connectivity index (χ4n) is 2.82. The number of nitrogens with zero attached hydrogens (tertiary/aromatic N) is 1. The van der Waals surface area contributed by atoms with Crippen molar-refractivity contribution in [1.29, 1.82) is 0 Å². The van der Waals surface area contributed by atoms with Gasteiger partial charge in [0.05, 0.1) is 17.2 Å². The second kappa shape index (κ2) is 6.28. The van der Waals surface area contributed by atoms with E-state index in [-0.39, 0.29) is 23.8 Å². The van der Waals surface area contributed by atoms with Gasteiger partial charge in [-0.3, -0.25) is 19.3 Å². The molecule has 1 N–H and O–H groups in total. The van der Waals surface area contributed by atoms with E-state index in [1.165, 1.54) is 11.0 Å². The Hall–Kier alpha value is -2.95. The average molecular weight is 322 g/mol. The zero-order valence-electron chi connectivity index (χ0n) is 13.6. The number of carbonyl (C=O) groups is 3. The second-order valence-electron chi connectivity index (χ2n) is 5.72. The molecule has 1 aliphatic heterocycles. The van der Waals surface area contributed by atoms with Gasteiger partial charge < -0.3 is 5.32 Å². The number of fused-ring (bicyclic) bond motifs is 1. The molecule has 0 aromatic heterocycles. The smallest absolute Gasteiger partial charge is 0.261 e. The van der Waals surface area contributed by atoms with E-state index in [4.69, 9.17) is 0 Å². The molecule has 0 bridgehead atoms. The SMILES string of the molecule is CCN1C(=O)c2ccc(C(=O)N[C@@H](C)c3ccccc3)cc2C1=O. The fraction of sp³-hybridized carbons (Fsp3) is 0.211. The minimum Gasteiger partial charge on any atom is -0.346 e. The Morgan fingerprint density at radius 2 is 1.71 bits per heavy atom. The van der Waals surface area contributed by atoms with Gasteiger partial charge in [0.1, 0.15) is 0 Å². The van der Waals surface area contributed by atoms with E-state index >= 15 is 0 Å². The largest absolute Gasteiger partial charge is 0.346 e. The van der Waals surface area contributed by atoms with E-state index in [1.807, 2.05) is 37.3 Å². The quantitative estimate of drug-likeness (QED) is 0.880. The number of carbonyl (C=O) groups excluding carboxylic acids is 3. The predicted octanol–water partition coefficient (Wildman–Crippen LogP) is 2.79. The summed E-state index contributed by atoms with van der Waals surface area (Å²) >= 11 is 0. The van der Waals surface area contributed by atoms with Crippen molar-refractivity contribution in [3.63, 3.8) is 0 Å². The monoisotopic (exact) mass is 322 g/mol. The van der Waals surface area contributed by atoms with Crippen LogP contribution >= 0.6 is 0 Å². The van der Waals surface area contributed by atoms with Gasteiger partial charge in [0.2, 0.25) is 0 Å². The molecule has 0 radical (unpaired) electrons. The van der Waals surface area contributed by atoms with Crippen LogP contribution in [0.5, 0.6) is 0 Å². The molecular weight excluding hydrogens is 304 g/mol. The summed E-state index contributed by atoms with van der Waals surface area (Å²) in [7, 11) is 0. The van der Waals surface area contributed by atoms with Crippen molar-refractivity contribution >= 4 is 17.7 Å². The first-order valence-electron chi connectivity index (χ1n) is 7.89. The molecule has 1 atom stereocenters. The van der Waals surface area contributed by atoms with Gasteiger partial charge in [0.25, 0.3) is 17.7 Å². The summed E-state index contributed by atoms with van der Waals surface area (Å²) in [4.78, 5) is 37.9. The summed E-state index contributed by atoms with van der Waals surface area (Å²) in [5.74, 6) is -0.922. The van der Waals surface area contributed by atoms with Gasteiger partial charge in [0.15, 0.2) is 0 Å². The van der Waals surface area contributed by atoms with Gasteiger partial charge in [-0.25, -0.2) is 0 Å². The van der Waals surface area contributed by atoms with Crippen LogP contribution < -0.4 is 5.32 Å². The van der Waals surface area contributed by atoms with Gasteiger partial charge in [-0.05, 0) is 37.6 Å². The Balaban J connectivity index is 1.82. The molecule has 122 valence electrons. The van der Waals surface area contributed by atoms with Crippen molar-refractivity contribution in [2.75, 3.05) is 6.54 Å². The lowest BCUT2D eigenvalue weighted by Gasteiger charge is -2.14. The van der Waals surface area contributed by atoms with E-state index in [0.717, 1.165) is 5.56 Å². The molecule has 1 heterocycles. The first kappa shape index (κ1) is 15.9. The minimum absolute atomic E-state index is 0.156.